The Bertz CT molecular complexity index is 896. The number of nitrogens with zero attached hydrogens (tertiary/aromatic N) is 2. The number of H-pyrrole nitrogens is 1. The molecule has 0 saturated heterocycles. The second-order valence-electron chi connectivity index (χ2n) is 5.28. The monoisotopic (exact) mass is 309 g/mol. The van der Waals surface area contributed by atoms with Crippen molar-refractivity contribution in [3.05, 3.63) is 48.0 Å². The van der Waals surface area contributed by atoms with Gasteiger partial charge in [-0.3, -0.25) is 4.79 Å². The summed E-state index contributed by atoms with van der Waals surface area (Å²) in [7, 11) is 1.63. The molecular weight excluding hydrogens is 290 g/mol. The first kappa shape index (κ1) is 15.1. The molecular formula is C18H19N3O2. The van der Waals surface area contributed by atoms with E-state index in [1.807, 2.05) is 49.4 Å². The Morgan fingerprint density at radius 3 is 2.70 bits per heavy atom. The number of benzene rings is 2. The fourth-order valence-corrected chi connectivity index (χ4v) is 2.72. The van der Waals surface area contributed by atoms with Crippen LogP contribution in [0.1, 0.15) is 24.2 Å². The first-order valence-electron chi connectivity index (χ1n) is 7.57. The number of carbonyl (C=O) groups excluding carboxylic acids is 1. The lowest BCUT2D eigenvalue weighted by atomic mass is 10.1. The minimum Gasteiger partial charge on any atom is -0.480 e. The highest BCUT2D eigenvalue weighted by atomic mass is 16.5. The Hall–Kier alpha value is -2.82. The van der Waals surface area contributed by atoms with Crippen molar-refractivity contribution in [1.29, 1.82) is 0 Å². The summed E-state index contributed by atoms with van der Waals surface area (Å²) in [4.78, 5) is 16.1. The lowest BCUT2D eigenvalue weighted by Gasteiger charge is -2.13. The molecule has 5 nitrogen and oxygen atoms in total. The van der Waals surface area contributed by atoms with E-state index in [-0.39, 0.29) is 5.91 Å². The van der Waals surface area contributed by atoms with Gasteiger partial charge in [-0.1, -0.05) is 30.3 Å². The lowest BCUT2D eigenvalue weighted by Crippen LogP contribution is -2.23. The number of ether oxygens (including phenoxy) is 1. The number of hydrazone groups is 1. The highest BCUT2D eigenvalue weighted by molar-refractivity contribution is 6.14. The molecule has 2 aromatic carbocycles. The Balaban J connectivity index is 2.06. The van der Waals surface area contributed by atoms with E-state index in [0.29, 0.717) is 18.1 Å². The van der Waals surface area contributed by atoms with E-state index in [1.165, 1.54) is 5.01 Å². The molecule has 0 bridgehead atoms. The van der Waals surface area contributed by atoms with Crippen LogP contribution in [0.5, 0.6) is 0 Å². The molecule has 0 radical (unpaired) electrons. The molecule has 1 heterocycles. The molecule has 118 valence electrons. The summed E-state index contributed by atoms with van der Waals surface area (Å²) in [6.45, 7) is 4.14. The van der Waals surface area contributed by atoms with Crippen molar-refractivity contribution in [3.63, 3.8) is 0 Å². The van der Waals surface area contributed by atoms with Gasteiger partial charge in [-0.2, -0.15) is 0 Å². The standard InChI is InChI=1S/C18H19N3O2/c1-4-23-12(2)20-21(3)18(22)15-10-7-9-14-13-8-5-6-11-16(13)19-17(14)15/h5-11,19H,4H2,1-3H3/b20-12+. The third-order valence-corrected chi connectivity index (χ3v) is 3.71. The Morgan fingerprint density at radius 2 is 1.91 bits per heavy atom. The second-order valence-corrected chi connectivity index (χ2v) is 5.28. The predicted molar refractivity (Wildman–Crippen MR) is 92.6 cm³/mol. The van der Waals surface area contributed by atoms with Crippen LogP contribution in [-0.4, -0.2) is 35.5 Å². The van der Waals surface area contributed by atoms with Gasteiger partial charge in [0.1, 0.15) is 0 Å². The number of para-hydroxylation sites is 2. The van der Waals surface area contributed by atoms with Gasteiger partial charge < -0.3 is 9.72 Å². The number of amides is 1. The molecule has 0 aliphatic rings. The topological polar surface area (TPSA) is 57.7 Å². The number of nitrogens with one attached hydrogen (secondary N) is 1. The predicted octanol–water partition coefficient (Wildman–Crippen LogP) is 3.76. The zero-order valence-electron chi connectivity index (χ0n) is 13.5. The van der Waals surface area contributed by atoms with Crippen molar-refractivity contribution in [2.75, 3.05) is 13.7 Å². The molecule has 0 saturated carbocycles. The van der Waals surface area contributed by atoms with Crippen LogP contribution in [0.25, 0.3) is 21.8 Å². The maximum Gasteiger partial charge on any atom is 0.275 e. The quantitative estimate of drug-likeness (QED) is 0.455. The van der Waals surface area contributed by atoms with Gasteiger partial charge in [0.05, 0.1) is 17.7 Å². The molecule has 0 fully saturated rings. The van der Waals surface area contributed by atoms with Gasteiger partial charge in [-0.05, 0) is 19.1 Å². The van der Waals surface area contributed by atoms with Crippen molar-refractivity contribution >= 4 is 33.6 Å². The fraction of sp³-hybridized carbons (Fsp3) is 0.222. The molecule has 1 amide bonds. The zero-order valence-corrected chi connectivity index (χ0v) is 13.5. The van der Waals surface area contributed by atoms with E-state index in [1.54, 1.807) is 14.0 Å². The molecule has 23 heavy (non-hydrogen) atoms. The molecule has 3 aromatic rings. The summed E-state index contributed by atoms with van der Waals surface area (Å²) in [6, 6.07) is 13.7. The van der Waals surface area contributed by atoms with Crippen LogP contribution in [0, 0.1) is 0 Å². The van der Waals surface area contributed by atoms with E-state index in [9.17, 15) is 4.79 Å². The summed E-state index contributed by atoms with van der Waals surface area (Å²) >= 11 is 0. The van der Waals surface area contributed by atoms with Crippen LogP contribution in [0.15, 0.2) is 47.6 Å². The molecule has 3 rings (SSSR count). The molecule has 1 aromatic heterocycles. The zero-order chi connectivity index (χ0) is 16.4. The van der Waals surface area contributed by atoms with Gasteiger partial charge in [0, 0.05) is 30.3 Å². The summed E-state index contributed by atoms with van der Waals surface area (Å²) in [6.07, 6.45) is 0. The molecule has 0 aliphatic carbocycles. The number of rotatable bonds is 3. The maximum atomic E-state index is 12.7. The summed E-state index contributed by atoms with van der Waals surface area (Å²) in [5.41, 5.74) is 2.43. The average Bonchev–Trinajstić information content (AvgIpc) is 2.93. The van der Waals surface area contributed by atoms with Crippen LogP contribution in [0.3, 0.4) is 0 Å². The lowest BCUT2D eigenvalue weighted by molar-refractivity contribution is 0.0795. The van der Waals surface area contributed by atoms with Gasteiger partial charge in [0.15, 0.2) is 0 Å². The van der Waals surface area contributed by atoms with Gasteiger partial charge in [0.25, 0.3) is 5.91 Å². The summed E-state index contributed by atoms with van der Waals surface area (Å²) in [5, 5.41) is 7.62. The number of fused-ring (bicyclic) bond motifs is 3. The summed E-state index contributed by atoms with van der Waals surface area (Å²) in [5.74, 6) is 0.286. The van der Waals surface area contributed by atoms with Crippen molar-refractivity contribution < 1.29 is 9.53 Å². The third kappa shape index (κ3) is 2.77. The highest BCUT2D eigenvalue weighted by Crippen LogP contribution is 2.28. The largest absolute Gasteiger partial charge is 0.480 e. The first-order valence-corrected chi connectivity index (χ1v) is 7.57. The van der Waals surface area contributed by atoms with E-state index in [4.69, 9.17) is 4.74 Å². The van der Waals surface area contributed by atoms with Crippen molar-refractivity contribution in [3.8, 4) is 0 Å². The molecule has 0 spiro atoms. The normalized spacial score (nSPS) is 11.9. The van der Waals surface area contributed by atoms with Crippen LogP contribution in [-0.2, 0) is 4.74 Å². The molecule has 1 N–H and O–H groups in total. The fourth-order valence-electron chi connectivity index (χ4n) is 2.72. The van der Waals surface area contributed by atoms with Gasteiger partial charge in [-0.15, -0.1) is 5.10 Å². The number of aromatic amines is 1. The smallest absolute Gasteiger partial charge is 0.275 e. The highest BCUT2D eigenvalue weighted by Gasteiger charge is 2.17. The summed E-state index contributed by atoms with van der Waals surface area (Å²) < 4.78 is 5.28. The Morgan fingerprint density at radius 1 is 1.17 bits per heavy atom. The Labute approximate surface area is 134 Å². The van der Waals surface area contributed by atoms with Crippen LogP contribution in [0.2, 0.25) is 0 Å². The van der Waals surface area contributed by atoms with E-state index in [0.717, 1.165) is 21.8 Å². The number of aromatic nitrogens is 1. The van der Waals surface area contributed by atoms with Crippen LogP contribution in [0.4, 0.5) is 0 Å². The molecule has 0 atom stereocenters. The van der Waals surface area contributed by atoms with E-state index in [2.05, 4.69) is 10.1 Å². The SMILES string of the molecule is CCO/C(C)=N/N(C)C(=O)c1cccc2c1[nH]c1ccccc12. The average molecular weight is 309 g/mol. The van der Waals surface area contributed by atoms with Crippen LogP contribution >= 0.6 is 0 Å². The second kappa shape index (κ2) is 6.12. The van der Waals surface area contributed by atoms with Crippen molar-refractivity contribution in [1.82, 2.24) is 9.99 Å². The molecule has 0 unspecified atom stereocenters. The number of hydrogen-bond acceptors (Lipinski definition) is 3. The van der Waals surface area contributed by atoms with Gasteiger partial charge in [0.2, 0.25) is 5.90 Å². The number of hydrogen-bond donors (Lipinski definition) is 1. The van der Waals surface area contributed by atoms with E-state index >= 15 is 0 Å². The van der Waals surface area contributed by atoms with Crippen LogP contribution < -0.4 is 0 Å². The Kier molecular flexibility index (Phi) is 4.02. The van der Waals surface area contributed by atoms with Crippen molar-refractivity contribution in [2.24, 2.45) is 5.10 Å². The molecule has 5 heteroatoms. The van der Waals surface area contributed by atoms with Crippen molar-refractivity contribution in [2.45, 2.75) is 13.8 Å². The molecule has 0 aliphatic heterocycles. The number of carbonyl (C=O) groups is 1. The van der Waals surface area contributed by atoms with Gasteiger partial charge >= 0.3 is 0 Å². The minimum atomic E-state index is -0.179. The third-order valence-electron chi connectivity index (χ3n) is 3.71. The van der Waals surface area contributed by atoms with Gasteiger partial charge in [-0.25, -0.2) is 5.01 Å². The maximum absolute atomic E-state index is 12.7. The minimum absolute atomic E-state index is 0.179. The van der Waals surface area contributed by atoms with E-state index < -0.39 is 0 Å². The first-order chi connectivity index (χ1) is 11.1.